The molecule has 0 bridgehead atoms. The van der Waals surface area contributed by atoms with Gasteiger partial charge in [-0.05, 0) is 20.8 Å². The fourth-order valence-electron chi connectivity index (χ4n) is 0.302. The molecule has 0 aliphatic heterocycles. The molecule has 0 amide bonds. The molecule has 70 valence electrons. The van der Waals surface area contributed by atoms with Crippen LogP contribution in [0.2, 0.25) is 0 Å². The van der Waals surface area contributed by atoms with Gasteiger partial charge in [0.05, 0.1) is 0 Å². The highest BCUT2D eigenvalue weighted by molar-refractivity contribution is 5.91. The summed E-state index contributed by atoms with van der Waals surface area (Å²) in [6, 6.07) is 0. The molecular weight excluding hydrogens is 164 g/mol. The number of carbonyl (C=O) groups excluding carboxylic acids is 2. The Bertz CT molecular complexity index is 188. The van der Waals surface area contributed by atoms with Gasteiger partial charge in [-0.15, -0.1) is 0 Å². The molecule has 1 unspecified atom stereocenters. The molecule has 5 heteroatoms. The van der Waals surface area contributed by atoms with Gasteiger partial charge >= 0.3 is 11.9 Å². The topological polar surface area (TPSA) is 83.8 Å². The lowest BCUT2D eigenvalue weighted by Gasteiger charge is -2.14. The Morgan fingerprint density at radius 3 is 2.08 bits per heavy atom. The van der Waals surface area contributed by atoms with Crippen molar-refractivity contribution in [2.45, 2.75) is 32.5 Å². The van der Waals surface area contributed by atoms with Crippen molar-refractivity contribution in [2.75, 3.05) is 0 Å². The molecule has 0 heterocycles. The lowest BCUT2D eigenvalue weighted by Crippen LogP contribution is -2.36. The minimum atomic E-state index is -1.72. The molecule has 5 nitrogen and oxygen atoms in total. The summed E-state index contributed by atoms with van der Waals surface area (Å²) >= 11 is 0. The molecule has 0 aliphatic rings. The predicted molar refractivity (Wildman–Crippen MR) is 39.1 cm³/mol. The van der Waals surface area contributed by atoms with E-state index in [1.165, 1.54) is 20.8 Å². The lowest BCUT2D eigenvalue weighted by molar-refractivity contribution is -0.176. The zero-order chi connectivity index (χ0) is 9.94. The normalized spacial score (nSPS) is 13.8. The Morgan fingerprint density at radius 1 is 1.42 bits per heavy atom. The molecule has 0 aromatic heterocycles. The van der Waals surface area contributed by atoms with Crippen LogP contribution in [0.3, 0.4) is 0 Å². The molecule has 0 aliphatic carbocycles. The second-order valence-corrected chi connectivity index (χ2v) is 2.94. The van der Waals surface area contributed by atoms with Crippen LogP contribution in [-0.2, 0) is 14.3 Å². The summed E-state index contributed by atoms with van der Waals surface area (Å²) in [5.41, 5.74) is -1.72. The summed E-state index contributed by atoms with van der Waals surface area (Å²) in [4.78, 5) is 21.4. The van der Waals surface area contributed by atoms with E-state index in [-0.39, 0.29) is 0 Å². The van der Waals surface area contributed by atoms with E-state index >= 15 is 0 Å². The average Bonchev–Trinajstić information content (AvgIpc) is 1.85. The number of ether oxygens (including phenoxy) is 1. The van der Waals surface area contributed by atoms with Crippen LogP contribution in [0.25, 0.3) is 0 Å². The van der Waals surface area contributed by atoms with E-state index in [9.17, 15) is 9.59 Å². The standard InChI is InChI=1S/C7H12O5/c1-4(8)5(9)12-6(10)7(2,3)11/h4,8,11H,1-3H3. The van der Waals surface area contributed by atoms with Gasteiger partial charge < -0.3 is 14.9 Å². The van der Waals surface area contributed by atoms with Crippen LogP contribution in [0.5, 0.6) is 0 Å². The summed E-state index contributed by atoms with van der Waals surface area (Å²) in [7, 11) is 0. The number of hydrogen-bond acceptors (Lipinski definition) is 5. The van der Waals surface area contributed by atoms with Crippen molar-refractivity contribution in [3.8, 4) is 0 Å². The molecule has 2 N–H and O–H groups in total. The van der Waals surface area contributed by atoms with Crippen LogP contribution in [-0.4, -0.2) is 33.9 Å². The third-order valence-electron chi connectivity index (χ3n) is 1.03. The summed E-state index contributed by atoms with van der Waals surface area (Å²) < 4.78 is 4.10. The molecule has 0 saturated carbocycles. The first-order valence-corrected chi connectivity index (χ1v) is 3.41. The smallest absolute Gasteiger partial charge is 0.345 e. The molecule has 0 aromatic carbocycles. The van der Waals surface area contributed by atoms with Crippen LogP contribution in [0.4, 0.5) is 0 Å². The summed E-state index contributed by atoms with van der Waals surface area (Å²) in [5, 5.41) is 17.6. The summed E-state index contributed by atoms with van der Waals surface area (Å²) in [6.45, 7) is 3.54. The second kappa shape index (κ2) is 3.64. The fraction of sp³-hybridized carbons (Fsp3) is 0.714. The van der Waals surface area contributed by atoms with E-state index in [1.54, 1.807) is 0 Å². The minimum absolute atomic E-state index is 1.07. The van der Waals surface area contributed by atoms with Gasteiger partial charge in [-0.2, -0.15) is 0 Å². The Balaban J connectivity index is 4.12. The van der Waals surface area contributed by atoms with E-state index in [2.05, 4.69) is 4.74 Å². The van der Waals surface area contributed by atoms with Crippen LogP contribution >= 0.6 is 0 Å². The monoisotopic (exact) mass is 176 g/mol. The number of aliphatic hydroxyl groups is 2. The van der Waals surface area contributed by atoms with Crippen molar-refractivity contribution < 1.29 is 24.5 Å². The number of rotatable bonds is 2. The molecule has 0 rings (SSSR count). The Kier molecular flexibility index (Phi) is 3.36. The Labute approximate surface area is 70.0 Å². The van der Waals surface area contributed by atoms with E-state index in [0.717, 1.165) is 0 Å². The summed E-state index contributed by atoms with van der Waals surface area (Å²) in [6.07, 6.45) is -1.36. The minimum Gasteiger partial charge on any atom is -0.389 e. The first-order chi connectivity index (χ1) is 5.25. The highest BCUT2D eigenvalue weighted by atomic mass is 16.6. The molecule has 0 radical (unpaired) electrons. The van der Waals surface area contributed by atoms with Crippen molar-refractivity contribution in [1.82, 2.24) is 0 Å². The van der Waals surface area contributed by atoms with Gasteiger partial charge in [0.15, 0.2) is 5.60 Å². The molecule has 0 fully saturated rings. The van der Waals surface area contributed by atoms with Gasteiger partial charge in [-0.3, -0.25) is 0 Å². The lowest BCUT2D eigenvalue weighted by atomic mass is 10.1. The maximum Gasteiger partial charge on any atom is 0.345 e. The van der Waals surface area contributed by atoms with Crippen LogP contribution < -0.4 is 0 Å². The predicted octanol–water partition coefficient (Wildman–Crippen LogP) is -0.792. The van der Waals surface area contributed by atoms with Gasteiger partial charge in [-0.25, -0.2) is 9.59 Å². The van der Waals surface area contributed by atoms with E-state index in [4.69, 9.17) is 10.2 Å². The highest BCUT2D eigenvalue weighted by Gasteiger charge is 2.29. The van der Waals surface area contributed by atoms with Crippen molar-refractivity contribution in [3.05, 3.63) is 0 Å². The molecule has 1 atom stereocenters. The maximum atomic E-state index is 10.8. The Hall–Kier alpha value is -0.940. The second-order valence-electron chi connectivity index (χ2n) is 2.94. The first-order valence-electron chi connectivity index (χ1n) is 3.41. The highest BCUT2D eigenvalue weighted by Crippen LogP contribution is 2.04. The van der Waals surface area contributed by atoms with E-state index < -0.39 is 23.6 Å². The number of carbonyl (C=O) groups is 2. The van der Waals surface area contributed by atoms with Gasteiger partial charge in [0.25, 0.3) is 0 Å². The molecular formula is C7H12O5. The molecule has 0 aromatic rings. The number of esters is 2. The van der Waals surface area contributed by atoms with Gasteiger partial charge in [0.1, 0.15) is 6.10 Å². The van der Waals surface area contributed by atoms with Gasteiger partial charge in [0.2, 0.25) is 0 Å². The largest absolute Gasteiger partial charge is 0.389 e. The van der Waals surface area contributed by atoms with Gasteiger partial charge in [0, 0.05) is 0 Å². The van der Waals surface area contributed by atoms with Crippen molar-refractivity contribution in [1.29, 1.82) is 0 Å². The van der Waals surface area contributed by atoms with Crippen LogP contribution in [0.15, 0.2) is 0 Å². The molecule has 0 spiro atoms. The van der Waals surface area contributed by atoms with E-state index in [0.29, 0.717) is 0 Å². The third kappa shape index (κ3) is 3.45. The SMILES string of the molecule is CC(O)C(=O)OC(=O)C(C)(C)O. The van der Waals surface area contributed by atoms with E-state index in [1.807, 2.05) is 0 Å². The van der Waals surface area contributed by atoms with Gasteiger partial charge in [-0.1, -0.05) is 0 Å². The van der Waals surface area contributed by atoms with Crippen molar-refractivity contribution in [2.24, 2.45) is 0 Å². The summed E-state index contributed by atoms with van der Waals surface area (Å²) in [5.74, 6) is -2.14. The number of hydrogen-bond donors (Lipinski definition) is 2. The number of aliphatic hydroxyl groups excluding tert-OH is 1. The maximum absolute atomic E-state index is 10.8. The Morgan fingerprint density at radius 2 is 1.83 bits per heavy atom. The third-order valence-corrected chi connectivity index (χ3v) is 1.03. The van der Waals surface area contributed by atoms with Crippen LogP contribution in [0, 0.1) is 0 Å². The fourth-order valence-corrected chi connectivity index (χ4v) is 0.302. The first kappa shape index (κ1) is 11.1. The average molecular weight is 176 g/mol. The molecule has 12 heavy (non-hydrogen) atoms. The molecule has 0 saturated heterocycles. The van der Waals surface area contributed by atoms with Crippen molar-refractivity contribution in [3.63, 3.8) is 0 Å². The quantitative estimate of drug-likeness (QED) is 0.425. The van der Waals surface area contributed by atoms with Crippen LogP contribution in [0.1, 0.15) is 20.8 Å². The zero-order valence-corrected chi connectivity index (χ0v) is 7.20. The zero-order valence-electron chi connectivity index (χ0n) is 7.20. The van der Waals surface area contributed by atoms with Crippen molar-refractivity contribution >= 4 is 11.9 Å².